The van der Waals surface area contributed by atoms with Gasteiger partial charge < -0.3 is 10.0 Å². The van der Waals surface area contributed by atoms with Gasteiger partial charge in [-0.15, -0.1) is 0 Å². The summed E-state index contributed by atoms with van der Waals surface area (Å²) in [6, 6.07) is -0.191. The van der Waals surface area contributed by atoms with E-state index in [1.807, 2.05) is 11.8 Å². The first-order valence-corrected chi connectivity index (χ1v) is 8.98. The Balaban J connectivity index is 1.79. The van der Waals surface area contributed by atoms with Crippen LogP contribution < -0.4 is 0 Å². The van der Waals surface area contributed by atoms with Gasteiger partial charge in [-0.3, -0.25) is 9.69 Å². The molecule has 0 aliphatic carbocycles. The van der Waals surface area contributed by atoms with Crippen LogP contribution in [0.4, 0.5) is 0 Å². The fourth-order valence-corrected chi connectivity index (χ4v) is 4.88. The highest BCUT2D eigenvalue weighted by molar-refractivity contribution is 7.91. The lowest BCUT2D eigenvalue weighted by Crippen LogP contribution is -2.63. The number of hydrogen-bond acceptors (Lipinski definition) is 5. The van der Waals surface area contributed by atoms with Crippen LogP contribution in [0.3, 0.4) is 0 Å². The maximum absolute atomic E-state index is 12.1. The minimum Gasteiger partial charge on any atom is -0.387 e. The molecule has 0 bridgehead atoms. The summed E-state index contributed by atoms with van der Waals surface area (Å²) >= 11 is 0. The Morgan fingerprint density at radius 1 is 1.45 bits per heavy atom. The summed E-state index contributed by atoms with van der Waals surface area (Å²) in [5.41, 5.74) is -0.635. The molecule has 2 aliphatic heterocycles. The molecular formula is C13H24N2O4S. The molecule has 1 atom stereocenters. The summed E-state index contributed by atoms with van der Waals surface area (Å²) in [5, 5.41) is 10.1. The molecular weight excluding hydrogens is 280 g/mol. The highest BCUT2D eigenvalue weighted by Gasteiger charge is 2.41. The minimum absolute atomic E-state index is 0.0642. The van der Waals surface area contributed by atoms with Crippen molar-refractivity contribution in [2.45, 2.75) is 37.8 Å². The quantitative estimate of drug-likeness (QED) is 0.739. The van der Waals surface area contributed by atoms with Gasteiger partial charge in [0.05, 0.1) is 23.7 Å². The van der Waals surface area contributed by atoms with Crippen LogP contribution in [0.2, 0.25) is 0 Å². The van der Waals surface area contributed by atoms with E-state index in [0.29, 0.717) is 19.5 Å². The number of carbonyl (C=O) groups is 1. The molecule has 1 N–H and O–H groups in total. The number of carbonyl (C=O) groups excluding carboxylic acids is 1. The van der Waals surface area contributed by atoms with E-state index in [-0.39, 0.29) is 30.0 Å². The second kappa shape index (κ2) is 5.61. The lowest BCUT2D eigenvalue weighted by Gasteiger charge is -2.46. The molecule has 116 valence electrons. The zero-order valence-corrected chi connectivity index (χ0v) is 13.0. The fourth-order valence-electron chi connectivity index (χ4n) is 3.11. The molecule has 2 rings (SSSR count). The Kier molecular flexibility index (Phi) is 4.41. The summed E-state index contributed by atoms with van der Waals surface area (Å²) in [6.45, 7) is 3.35. The van der Waals surface area contributed by atoms with Crippen molar-refractivity contribution < 1.29 is 18.3 Å². The number of likely N-dealkylation sites (tertiary alicyclic amines) is 1. The number of β-amino-alcohol motifs (C(OH)–C–C–N with tert-alkyl or cyclic N) is 1. The van der Waals surface area contributed by atoms with Crippen LogP contribution >= 0.6 is 0 Å². The Morgan fingerprint density at radius 3 is 2.60 bits per heavy atom. The first-order valence-electron chi connectivity index (χ1n) is 7.15. The molecule has 0 radical (unpaired) electrons. The molecule has 0 saturated carbocycles. The number of rotatable bonds is 5. The number of hydrogen-bond donors (Lipinski definition) is 1. The van der Waals surface area contributed by atoms with Crippen molar-refractivity contribution in [3.05, 3.63) is 0 Å². The van der Waals surface area contributed by atoms with Gasteiger partial charge in [-0.1, -0.05) is 13.3 Å². The lowest BCUT2D eigenvalue weighted by molar-refractivity contribution is -0.142. The maximum Gasteiger partial charge on any atom is 0.236 e. The molecule has 0 spiro atoms. The van der Waals surface area contributed by atoms with E-state index < -0.39 is 15.4 Å². The molecule has 2 saturated heterocycles. The van der Waals surface area contributed by atoms with Gasteiger partial charge in [-0.05, 0) is 12.8 Å². The average Bonchev–Trinajstić information content (AvgIpc) is 2.67. The molecule has 6 nitrogen and oxygen atoms in total. The zero-order valence-electron chi connectivity index (χ0n) is 12.2. The monoisotopic (exact) mass is 304 g/mol. The van der Waals surface area contributed by atoms with E-state index in [0.717, 1.165) is 12.8 Å². The molecule has 7 heteroatoms. The summed E-state index contributed by atoms with van der Waals surface area (Å²) in [6.07, 6.45) is 2.22. The van der Waals surface area contributed by atoms with Crippen LogP contribution in [0.5, 0.6) is 0 Å². The lowest BCUT2D eigenvalue weighted by atomic mass is 9.89. The van der Waals surface area contributed by atoms with Crippen LogP contribution in [0.1, 0.15) is 26.2 Å². The Bertz CT molecular complexity index is 471. The van der Waals surface area contributed by atoms with Crippen LogP contribution in [-0.2, 0) is 14.6 Å². The van der Waals surface area contributed by atoms with Crippen molar-refractivity contribution in [2.75, 3.05) is 38.2 Å². The van der Waals surface area contributed by atoms with Gasteiger partial charge in [-0.2, -0.15) is 0 Å². The molecule has 0 aromatic carbocycles. The van der Waals surface area contributed by atoms with Crippen molar-refractivity contribution in [2.24, 2.45) is 0 Å². The van der Waals surface area contributed by atoms with Crippen LogP contribution in [0.15, 0.2) is 0 Å². The molecule has 1 amide bonds. The van der Waals surface area contributed by atoms with Gasteiger partial charge in [0.1, 0.15) is 0 Å². The number of amides is 1. The predicted molar refractivity (Wildman–Crippen MR) is 76.1 cm³/mol. The van der Waals surface area contributed by atoms with Crippen molar-refractivity contribution in [3.8, 4) is 0 Å². The Labute approximate surface area is 120 Å². The normalized spacial score (nSPS) is 28.1. The number of aliphatic hydroxyl groups is 1. The molecule has 1 unspecified atom stereocenters. The highest BCUT2D eigenvalue weighted by Crippen LogP contribution is 2.25. The third-order valence-corrected chi connectivity index (χ3v) is 6.01. The van der Waals surface area contributed by atoms with Gasteiger partial charge in [-0.25, -0.2) is 8.42 Å². The molecule has 2 heterocycles. The van der Waals surface area contributed by atoms with Crippen LogP contribution in [-0.4, -0.2) is 79.1 Å². The Hall–Kier alpha value is -0.660. The molecule has 20 heavy (non-hydrogen) atoms. The van der Waals surface area contributed by atoms with E-state index in [4.69, 9.17) is 0 Å². The van der Waals surface area contributed by atoms with E-state index in [1.165, 1.54) is 0 Å². The van der Waals surface area contributed by atoms with Gasteiger partial charge in [0.2, 0.25) is 5.91 Å². The third-order valence-electron chi connectivity index (χ3n) is 4.26. The van der Waals surface area contributed by atoms with Gasteiger partial charge in [0, 0.05) is 26.2 Å². The highest BCUT2D eigenvalue weighted by atomic mass is 32.2. The number of likely N-dealkylation sites (N-methyl/N-ethyl adjacent to an activating group) is 1. The van der Waals surface area contributed by atoms with E-state index in [1.54, 1.807) is 11.9 Å². The zero-order chi connectivity index (χ0) is 15.0. The van der Waals surface area contributed by atoms with Crippen molar-refractivity contribution >= 4 is 15.7 Å². The second-order valence-electron chi connectivity index (χ2n) is 6.18. The second-order valence-corrected chi connectivity index (χ2v) is 8.41. The molecule has 2 aliphatic rings. The predicted octanol–water partition coefficient (Wildman–Crippen LogP) is -0.521. The molecule has 0 aromatic heterocycles. The maximum atomic E-state index is 12.1. The largest absolute Gasteiger partial charge is 0.387 e. The number of nitrogens with zero attached hydrogens (tertiary/aromatic N) is 2. The summed E-state index contributed by atoms with van der Waals surface area (Å²) < 4.78 is 22.9. The first-order chi connectivity index (χ1) is 9.25. The standard InChI is InChI=1S/C13H24N2O4S/c1-3-5-13(17)9-15(10-13)7-12(16)14(2)11-4-6-20(18,19)8-11/h11,17H,3-10H2,1-2H3. The third kappa shape index (κ3) is 3.51. The first kappa shape index (κ1) is 15.7. The average molecular weight is 304 g/mol. The topological polar surface area (TPSA) is 77.9 Å². The Morgan fingerprint density at radius 2 is 2.10 bits per heavy atom. The molecule has 2 fully saturated rings. The van der Waals surface area contributed by atoms with E-state index >= 15 is 0 Å². The smallest absolute Gasteiger partial charge is 0.236 e. The summed E-state index contributed by atoms with van der Waals surface area (Å²) in [5.74, 6) is 0.190. The van der Waals surface area contributed by atoms with E-state index in [2.05, 4.69) is 0 Å². The molecule has 0 aromatic rings. The fraction of sp³-hybridized carbons (Fsp3) is 0.923. The summed E-state index contributed by atoms with van der Waals surface area (Å²) in [4.78, 5) is 15.6. The van der Waals surface area contributed by atoms with Gasteiger partial charge in [0.25, 0.3) is 0 Å². The number of sulfone groups is 1. The summed E-state index contributed by atoms with van der Waals surface area (Å²) in [7, 11) is -1.29. The van der Waals surface area contributed by atoms with E-state index in [9.17, 15) is 18.3 Å². The van der Waals surface area contributed by atoms with Crippen molar-refractivity contribution in [1.29, 1.82) is 0 Å². The van der Waals surface area contributed by atoms with Crippen molar-refractivity contribution in [1.82, 2.24) is 9.80 Å². The SMILES string of the molecule is CCCC1(O)CN(CC(=O)N(C)C2CCS(=O)(=O)C2)C1. The van der Waals surface area contributed by atoms with Crippen LogP contribution in [0.25, 0.3) is 0 Å². The van der Waals surface area contributed by atoms with Crippen molar-refractivity contribution in [3.63, 3.8) is 0 Å². The minimum atomic E-state index is -2.97. The van der Waals surface area contributed by atoms with Crippen LogP contribution in [0, 0.1) is 0 Å². The van der Waals surface area contributed by atoms with Gasteiger partial charge in [0.15, 0.2) is 9.84 Å². The van der Waals surface area contributed by atoms with Gasteiger partial charge >= 0.3 is 0 Å².